The summed E-state index contributed by atoms with van der Waals surface area (Å²) >= 11 is 5.92. The van der Waals surface area contributed by atoms with Gasteiger partial charge in [0, 0.05) is 23.5 Å². The van der Waals surface area contributed by atoms with Crippen molar-refractivity contribution in [3.63, 3.8) is 0 Å². The zero-order valence-electron chi connectivity index (χ0n) is 13.0. The van der Waals surface area contributed by atoms with Crippen molar-refractivity contribution in [1.29, 1.82) is 0 Å². The van der Waals surface area contributed by atoms with E-state index in [-0.39, 0.29) is 18.1 Å². The Kier molecular flexibility index (Phi) is 4.94. The summed E-state index contributed by atoms with van der Waals surface area (Å²) in [7, 11) is 0. The van der Waals surface area contributed by atoms with E-state index in [2.05, 4.69) is 10.3 Å². The molecule has 1 fully saturated rings. The van der Waals surface area contributed by atoms with Gasteiger partial charge in [-0.05, 0) is 42.7 Å². The first-order valence-corrected chi connectivity index (χ1v) is 8.07. The molecular weight excluding hydrogens is 312 g/mol. The number of benzene rings is 1. The molecule has 1 aromatic carbocycles. The summed E-state index contributed by atoms with van der Waals surface area (Å²) in [6.45, 7) is 2.57. The molecule has 0 bridgehead atoms. The van der Waals surface area contributed by atoms with Crippen LogP contribution in [0.2, 0.25) is 5.02 Å². The fraction of sp³-hybridized carbons (Fsp3) is 0.333. The van der Waals surface area contributed by atoms with Gasteiger partial charge in [-0.15, -0.1) is 0 Å². The molecule has 0 spiro atoms. The van der Waals surface area contributed by atoms with Crippen LogP contribution >= 0.6 is 11.6 Å². The number of ether oxygens (including phenoxy) is 1. The number of aryl methyl sites for hydroxylation is 1. The molecule has 0 radical (unpaired) electrons. The summed E-state index contributed by atoms with van der Waals surface area (Å²) < 4.78 is 5.79. The number of halogens is 1. The maximum Gasteiger partial charge on any atom is 0.224 e. The first-order valence-electron chi connectivity index (χ1n) is 7.70. The molecule has 1 aliphatic rings. The fourth-order valence-electron chi connectivity index (χ4n) is 2.76. The van der Waals surface area contributed by atoms with Gasteiger partial charge in [-0.3, -0.25) is 9.78 Å². The highest BCUT2D eigenvalue weighted by Gasteiger charge is 2.30. The molecule has 1 N–H and O–H groups in total. The van der Waals surface area contributed by atoms with E-state index in [0.717, 1.165) is 23.2 Å². The van der Waals surface area contributed by atoms with E-state index >= 15 is 0 Å². The first-order chi connectivity index (χ1) is 11.1. The van der Waals surface area contributed by atoms with E-state index in [9.17, 15) is 4.79 Å². The number of pyridine rings is 1. The van der Waals surface area contributed by atoms with Gasteiger partial charge in [-0.1, -0.05) is 29.8 Å². The van der Waals surface area contributed by atoms with E-state index in [1.807, 2.05) is 43.3 Å². The third-order valence-corrected chi connectivity index (χ3v) is 4.23. The van der Waals surface area contributed by atoms with Crippen LogP contribution in [-0.4, -0.2) is 23.5 Å². The molecule has 3 rings (SSSR count). The summed E-state index contributed by atoms with van der Waals surface area (Å²) in [5.41, 5.74) is 2.89. The highest BCUT2D eigenvalue weighted by molar-refractivity contribution is 6.30. The van der Waals surface area contributed by atoms with Crippen molar-refractivity contribution in [2.45, 2.75) is 31.9 Å². The summed E-state index contributed by atoms with van der Waals surface area (Å²) in [6, 6.07) is 11.4. The molecule has 0 unspecified atom stereocenters. The fourth-order valence-corrected chi connectivity index (χ4v) is 2.89. The van der Waals surface area contributed by atoms with Gasteiger partial charge in [0.1, 0.15) is 6.10 Å². The molecule has 2 atom stereocenters. The predicted octanol–water partition coefficient (Wildman–Crippen LogP) is 3.23. The van der Waals surface area contributed by atoms with Crippen molar-refractivity contribution in [1.82, 2.24) is 10.3 Å². The van der Waals surface area contributed by atoms with Crippen LogP contribution in [0.1, 0.15) is 29.3 Å². The van der Waals surface area contributed by atoms with Crippen molar-refractivity contribution in [2.75, 3.05) is 6.61 Å². The minimum atomic E-state index is -0.118. The Balaban J connectivity index is 1.62. The van der Waals surface area contributed by atoms with E-state index in [4.69, 9.17) is 16.3 Å². The molecule has 0 aliphatic carbocycles. The van der Waals surface area contributed by atoms with E-state index in [1.54, 1.807) is 6.20 Å². The van der Waals surface area contributed by atoms with Crippen LogP contribution in [0.3, 0.4) is 0 Å². The number of hydrogen-bond acceptors (Lipinski definition) is 3. The monoisotopic (exact) mass is 330 g/mol. The molecule has 1 saturated heterocycles. The van der Waals surface area contributed by atoms with E-state index in [0.29, 0.717) is 18.1 Å². The lowest BCUT2D eigenvalue weighted by molar-refractivity contribution is -0.121. The average molecular weight is 331 g/mol. The van der Waals surface area contributed by atoms with Crippen LogP contribution in [0.5, 0.6) is 0 Å². The Morgan fingerprint density at radius 2 is 2.09 bits per heavy atom. The lowest BCUT2D eigenvalue weighted by atomic mass is 10.0. The molecule has 23 heavy (non-hydrogen) atoms. The minimum Gasteiger partial charge on any atom is -0.371 e. The predicted molar refractivity (Wildman–Crippen MR) is 89.4 cm³/mol. The number of rotatable bonds is 4. The van der Waals surface area contributed by atoms with E-state index < -0.39 is 0 Å². The van der Waals surface area contributed by atoms with Gasteiger partial charge < -0.3 is 10.1 Å². The molecule has 4 nitrogen and oxygen atoms in total. The Morgan fingerprint density at radius 1 is 1.30 bits per heavy atom. The van der Waals surface area contributed by atoms with Crippen LogP contribution in [0.25, 0.3) is 0 Å². The maximum absolute atomic E-state index is 12.3. The van der Waals surface area contributed by atoms with Crippen LogP contribution in [0, 0.1) is 6.92 Å². The highest BCUT2D eigenvalue weighted by Crippen LogP contribution is 2.30. The molecule has 0 saturated carbocycles. The molecule has 5 heteroatoms. The summed E-state index contributed by atoms with van der Waals surface area (Å²) in [4.78, 5) is 16.5. The minimum absolute atomic E-state index is 0.00915. The van der Waals surface area contributed by atoms with Crippen molar-refractivity contribution < 1.29 is 9.53 Å². The van der Waals surface area contributed by atoms with Gasteiger partial charge in [-0.2, -0.15) is 0 Å². The molecule has 2 aromatic rings. The van der Waals surface area contributed by atoms with Crippen molar-refractivity contribution in [3.8, 4) is 0 Å². The van der Waals surface area contributed by atoms with Crippen LogP contribution < -0.4 is 5.32 Å². The van der Waals surface area contributed by atoms with Gasteiger partial charge >= 0.3 is 0 Å². The summed E-state index contributed by atoms with van der Waals surface area (Å²) in [5.74, 6) is -0.00915. The lowest BCUT2D eigenvalue weighted by Gasteiger charge is -2.20. The number of hydrogen-bond donors (Lipinski definition) is 1. The standard InChI is InChI=1S/C18H19ClN2O2/c1-12-2-3-13(11-20-12)10-17(22)21-16-8-9-23-18(16)14-4-6-15(19)7-5-14/h2-7,11,16,18H,8-10H2,1H3,(H,21,22)/t16-,18-/m1/s1. The molecule has 1 aromatic heterocycles. The Bertz CT molecular complexity index is 670. The Hall–Kier alpha value is -1.91. The molecule has 1 aliphatic heterocycles. The van der Waals surface area contributed by atoms with Gasteiger partial charge in [0.25, 0.3) is 0 Å². The molecule has 1 amide bonds. The Morgan fingerprint density at radius 3 is 2.78 bits per heavy atom. The smallest absolute Gasteiger partial charge is 0.224 e. The Labute approximate surface area is 140 Å². The van der Waals surface area contributed by atoms with Gasteiger partial charge in [0.15, 0.2) is 0 Å². The van der Waals surface area contributed by atoms with Crippen LogP contribution in [0.15, 0.2) is 42.6 Å². The zero-order chi connectivity index (χ0) is 16.2. The van der Waals surface area contributed by atoms with Gasteiger partial charge in [0.05, 0.1) is 12.5 Å². The summed E-state index contributed by atoms with van der Waals surface area (Å²) in [5, 5.41) is 3.77. The highest BCUT2D eigenvalue weighted by atomic mass is 35.5. The average Bonchev–Trinajstić information content (AvgIpc) is 2.98. The maximum atomic E-state index is 12.3. The second-order valence-electron chi connectivity index (χ2n) is 5.79. The molecule has 2 heterocycles. The van der Waals surface area contributed by atoms with Gasteiger partial charge in [-0.25, -0.2) is 0 Å². The normalized spacial score (nSPS) is 20.4. The number of nitrogens with one attached hydrogen (secondary N) is 1. The van der Waals surface area contributed by atoms with Crippen molar-refractivity contribution in [3.05, 3.63) is 64.4 Å². The number of nitrogens with zero attached hydrogens (tertiary/aromatic N) is 1. The molecule has 120 valence electrons. The number of carbonyl (C=O) groups is 1. The van der Waals surface area contributed by atoms with Crippen molar-refractivity contribution in [2.24, 2.45) is 0 Å². The third-order valence-electron chi connectivity index (χ3n) is 3.97. The number of amides is 1. The first kappa shape index (κ1) is 16.0. The van der Waals surface area contributed by atoms with Gasteiger partial charge in [0.2, 0.25) is 5.91 Å². The van der Waals surface area contributed by atoms with Crippen LogP contribution in [0.4, 0.5) is 0 Å². The number of aromatic nitrogens is 1. The zero-order valence-corrected chi connectivity index (χ0v) is 13.7. The molecular formula is C18H19ClN2O2. The van der Waals surface area contributed by atoms with Crippen LogP contribution in [-0.2, 0) is 16.0 Å². The second kappa shape index (κ2) is 7.11. The van der Waals surface area contributed by atoms with E-state index in [1.165, 1.54) is 0 Å². The number of carbonyl (C=O) groups excluding carboxylic acids is 1. The van der Waals surface area contributed by atoms with Crippen molar-refractivity contribution >= 4 is 17.5 Å². The quantitative estimate of drug-likeness (QED) is 0.936. The summed E-state index contributed by atoms with van der Waals surface area (Å²) in [6.07, 6.45) is 2.77. The lowest BCUT2D eigenvalue weighted by Crippen LogP contribution is -2.37. The SMILES string of the molecule is Cc1ccc(CC(=O)N[C@@H]2CCO[C@@H]2c2ccc(Cl)cc2)cn1. The third kappa shape index (κ3) is 4.09. The topological polar surface area (TPSA) is 51.2 Å². The largest absolute Gasteiger partial charge is 0.371 e. The second-order valence-corrected chi connectivity index (χ2v) is 6.23.